The number of nitrogens with one attached hydrogen (secondary N) is 1. The van der Waals surface area contributed by atoms with E-state index >= 15 is 0 Å². The summed E-state index contributed by atoms with van der Waals surface area (Å²) in [5.74, 6) is 1.05. The molecule has 1 heterocycles. The van der Waals surface area contributed by atoms with E-state index in [1.54, 1.807) is 7.11 Å². The Hall–Kier alpha value is -1.55. The number of nitrogens with zero attached hydrogens (tertiary/aromatic N) is 2. The molecule has 0 bridgehead atoms. The van der Waals surface area contributed by atoms with Gasteiger partial charge in [-0.05, 0) is 35.8 Å². The lowest BCUT2D eigenvalue weighted by molar-refractivity contribution is 0.185. The Morgan fingerprint density at radius 2 is 1.87 bits per heavy atom. The number of hydrogen-bond acceptors (Lipinski definition) is 2. The zero-order valence-electron chi connectivity index (χ0n) is 14.5. The van der Waals surface area contributed by atoms with E-state index in [1.165, 1.54) is 49.8 Å². The molecule has 2 fully saturated rings. The van der Waals surface area contributed by atoms with Crippen LogP contribution in [0, 0.1) is 5.41 Å². The van der Waals surface area contributed by atoms with Gasteiger partial charge >= 0.3 is 0 Å². The van der Waals surface area contributed by atoms with Gasteiger partial charge in [0.2, 0.25) is 0 Å². The Balaban J connectivity index is 1.54. The van der Waals surface area contributed by atoms with Crippen LogP contribution in [0.25, 0.3) is 0 Å². The summed E-state index contributed by atoms with van der Waals surface area (Å²) in [7, 11) is 3.62. The van der Waals surface area contributed by atoms with Gasteiger partial charge in [0.15, 0.2) is 5.96 Å². The van der Waals surface area contributed by atoms with E-state index in [9.17, 15) is 0 Å². The van der Waals surface area contributed by atoms with Gasteiger partial charge in [-0.3, -0.25) is 4.99 Å². The van der Waals surface area contributed by atoms with Gasteiger partial charge < -0.3 is 15.0 Å². The smallest absolute Gasteiger partial charge is 0.193 e. The van der Waals surface area contributed by atoms with Crippen LogP contribution in [0.4, 0.5) is 0 Å². The third-order valence-electron chi connectivity index (χ3n) is 5.40. The molecular formula is C19H29N3O. The fourth-order valence-corrected chi connectivity index (χ4v) is 4.08. The van der Waals surface area contributed by atoms with Gasteiger partial charge in [-0.2, -0.15) is 0 Å². The number of rotatable bonds is 4. The molecule has 0 amide bonds. The predicted octanol–water partition coefficient (Wildman–Crippen LogP) is 3.17. The van der Waals surface area contributed by atoms with Crippen LogP contribution >= 0.6 is 0 Å². The lowest BCUT2D eigenvalue weighted by atomic mass is 9.86. The lowest BCUT2D eigenvalue weighted by Gasteiger charge is -2.26. The van der Waals surface area contributed by atoms with Gasteiger partial charge in [-0.15, -0.1) is 0 Å². The minimum Gasteiger partial charge on any atom is -0.380 e. The Labute approximate surface area is 139 Å². The molecule has 4 nitrogen and oxygen atoms in total. The van der Waals surface area contributed by atoms with Crippen molar-refractivity contribution in [1.82, 2.24) is 10.2 Å². The summed E-state index contributed by atoms with van der Waals surface area (Å²) in [6, 6.07) is 8.59. The quantitative estimate of drug-likeness (QED) is 0.685. The van der Waals surface area contributed by atoms with Crippen LogP contribution < -0.4 is 5.32 Å². The molecule has 0 unspecified atom stereocenters. The van der Waals surface area contributed by atoms with Crippen molar-refractivity contribution in [2.75, 3.05) is 27.2 Å². The molecule has 1 N–H and O–H groups in total. The van der Waals surface area contributed by atoms with Gasteiger partial charge in [0, 0.05) is 33.8 Å². The zero-order chi connectivity index (χ0) is 16.1. The molecule has 4 heteroatoms. The highest BCUT2D eigenvalue weighted by Crippen LogP contribution is 2.45. The average molecular weight is 315 g/mol. The molecule has 2 aliphatic rings. The van der Waals surface area contributed by atoms with Gasteiger partial charge in [0.1, 0.15) is 0 Å². The van der Waals surface area contributed by atoms with Crippen molar-refractivity contribution in [2.24, 2.45) is 10.4 Å². The van der Waals surface area contributed by atoms with Crippen molar-refractivity contribution in [2.45, 2.75) is 45.3 Å². The zero-order valence-corrected chi connectivity index (χ0v) is 14.5. The second kappa shape index (κ2) is 7.35. The number of guanidine groups is 1. The van der Waals surface area contributed by atoms with Crippen molar-refractivity contribution in [3.05, 3.63) is 35.4 Å². The fraction of sp³-hybridized carbons (Fsp3) is 0.632. The molecule has 0 aromatic heterocycles. The minimum atomic E-state index is 0.583. The van der Waals surface area contributed by atoms with E-state index < -0.39 is 0 Å². The highest BCUT2D eigenvalue weighted by molar-refractivity contribution is 5.80. The van der Waals surface area contributed by atoms with Gasteiger partial charge in [0.05, 0.1) is 6.61 Å². The molecule has 1 aromatic carbocycles. The summed E-state index contributed by atoms with van der Waals surface area (Å²) in [5.41, 5.74) is 3.07. The Morgan fingerprint density at radius 3 is 2.52 bits per heavy atom. The van der Waals surface area contributed by atoms with Gasteiger partial charge in [-0.1, -0.05) is 37.1 Å². The maximum Gasteiger partial charge on any atom is 0.193 e. The first-order chi connectivity index (χ1) is 11.2. The molecular weight excluding hydrogens is 286 g/mol. The first kappa shape index (κ1) is 16.3. The normalized spacial score (nSPS) is 20.4. The van der Waals surface area contributed by atoms with Crippen molar-refractivity contribution >= 4 is 5.96 Å². The van der Waals surface area contributed by atoms with Crippen LogP contribution in [0.5, 0.6) is 0 Å². The standard InChI is InChI=1S/C19H29N3O/c1-20-18(22-12-11-19(15-22)9-3-4-10-19)21-13-16-5-7-17(8-6-16)14-23-2/h5-8H,3-4,9-15H2,1-2H3,(H,20,21). The van der Waals surface area contributed by atoms with Crippen LogP contribution in [-0.2, 0) is 17.9 Å². The third-order valence-corrected chi connectivity index (χ3v) is 5.40. The summed E-state index contributed by atoms with van der Waals surface area (Å²) < 4.78 is 5.16. The molecule has 0 radical (unpaired) electrons. The van der Waals surface area contributed by atoms with E-state index in [2.05, 4.69) is 39.5 Å². The van der Waals surface area contributed by atoms with Gasteiger partial charge in [-0.25, -0.2) is 0 Å². The summed E-state index contributed by atoms with van der Waals surface area (Å²) >= 11 is 0. The molecule has 126 valence electrons. The van der Waals surface area contributed by atoms with E-state index in [4.69, 9.17) is 4.74 Å². The second-order valence-electron chi connectivity index (χ2n) is 7.03. The van der Waals surface area contributed by atoms with Crippen molar-refractivity contribution in [3.8, 4) is 0 Å². The number of methoxy groups -OCH3 is 1. The van der Waals surface area contributed by atoms with Crippen molar-refractivity contribution < 1.29 is 4.74 Å². The molecule has 23 heavy (non-hydrogen) atoms. The van der Waals surface area contributed by atoms with Crippen molar-refractivity contribution in [3.63, 3.8) is 0 Å². The molecule has 1 saturated heterocycles. The van der Waals surface area contributed by atoms with Crippen LogP contribution in [0.3, 0.4) is 0 Å². The molecule has 0 atom stereocenters. The molecule has 1 aliphatic carbocycles. The number of hydrogen-bond donors (Lipinski definition) is 1. The maximum atomic E-state index is 5.16. The summed E-state index contributed by atoms with van der Waals surface area (Å²) in [5, 5.41) is 3.53. The van der Waals surface area contributed by atoms with E-state index in [0.717, 1.165) is 19.0 Å². The van der Waals surface area contributed by atoms with Crippen molar-refractivity contribution in [1.29, 1.82) is 0 Å². The molecule has 1 aliphatic heterocycles. The SMILES string of the molecule is CN=C(NCc1ccc(COC)cc1)N1CCC2(CCCC2)C1. The predicted molar refractivity (Wildman–Crippen MR) is 94.4 cm³/mol. The second-order valence-corrected chi connectivity index (χ2v) is 7.03. The third kappa shape index (κ3) is 3.86. The largest absolute Gasteiger partial charge is 0.380 e. The Morgan fingerprint density at radius 1 is 1.17 bits per heavy atom. The molecule has 1 spiro atoms. The van der Waals surface area contributed by atoms with E-state index in [-0.39, 0.29) is 0 Å². The monoisotopic (exact) mass is 315 g/mol. The first-order valence-electron chi connectivity index (χ1n) is 8.77. The molecule has 1 aromatic rings. The molecule has 1 saturated carbocycles. The first-order valence-corrected chi connectivity index (χ1v) is 8.77. The Bertz CT molecular complexity index is 532. The Kier molecular flexibility index (Phi) is 5.21. The van der Waals surface area contributed by atoms with Gasteiger partial charge in [0.25, 0.3) is 0 Å². The summed E-state index contributed by atoms with van der Waals surface area (Å²) in [6.45, 7) is 3.82. The maximum absolute atomic E-state index is 5.16. The topological polar surface area (TPSA) is 36.9 Å². The number of aliphatic imine (C=N–C) groups is 1. The van der Waals surface area contributed by atoms with E-state index in [1.807, 2.05) is 7.05 Å². The highest BCUT2D eigenvalue weighted by Gasteiger charge is 2.40. The number of ether oxygens (including phenoxy) is 1. The average Bonchev–Trinajstić information content (AvgIpc) is 3.20. The van der Waals surface area contributed by atoms with E-state index in [0.29, 0.717) is 12.0 Å². The van der Waals surface area contributed by atoms with Crippen LogP contribution in [0.2, 0.25) is 0 Å². The number of likely N-dealkylation sites (tertiary alicyclic amines) is 1. The van der Waals surface area contributed by atoms with Crippen LogP contribution in [-0.4, -0.2) is 38.1 Å². The fourth-order valence-electron chi connectivity index (χ4n) is 4.08. The highest BCUT2D eigenvalue weighted by atomic mass is 16.5. The minimum absolute atomic E-state index is 0.583. The number of benzene rings is 1. The lowest BCUT2D eigenvalue weighted by Crippen LogP contribution is -2.40. The van der Waals surface area contributed by atoms with Crippen LogP contribution in [0.1, 0.15) is 43.2 Å². The molecule has 3 rings (SSSR count). The van der Waals surface area contributed by atoms with Crippen LogP contribution in [0.15, 0.2) is 29.3 Å². The summed E-state index contributed by atoms with van der Waals surface area (Å²) in [6.07, 6.45) is 6.96. The summed E-state index contributed by atoms with van der Waals surface area (Å²) in [4.78, 5) is 6.95.